The van der Waals surface area contributed by atoms with E-state index in [9.17, 15) is 18.0 Å². The van der Waals surface area contributed by atoms with Crippen molar-refractivity contribution < 1.29 is 18.0 Å². The van der Waals surface area contributed by atoms with E-state index in [2.05, 4.69) is 17.3 Å². The number of hydrogen-bond acceptors (Lipinski definition) is 2. The second-order valence-electron chi connectivity index (χ2n) is 8.47. The number of carbonyl (C=O) groups excluding carboxylic acids is 1. The maximum atomic E-state index is 13.4. The number of halogens is 3. The highest BCUT2D eigenvalue weighted by Crippen LogP contribution is 2.46. The number of amides is 1. The molecule has 1 N–H and O–H groups in total. The predicted octanol–water partition coefficient (Wildman–Crippen LogP) is 5.15. The average Bonchev–Trinajstić information content (AvgIpc) is 2.99. The van der Waals surface area contributed by atoms with Gasteiger partial charge in [-0.25, -0.2) is 0 Å². The van der Waals surface area contributed by atoms with Gasteiger partial charge in [0.2, 0.25) is 0 Å². The van der Waals surface area contributed by atoms with Gasteiger partial charge in [0.15, 0.2) is 0 Å². The fourth-order valence-corrected chi connectivity index (χ4v) is 5.36. The van der Waals surface area contributed by atoms with Crippen LogP contribution in [0.1, 0.15) is 59.7 Å². The number of piperidine rings is 1. The van der Waals surface area contributed by atoms with E-state index in [1.54, 1.807) is 6.92 Å². The van der Waals surface area contributed by atoms with Crippen LogP contribution < -0.4 is 5.32 Å². The summed E-state index contributed by atoms with van der Waals surface area (Å²) in [6.07, 6.45) is -0.165. The molecule has 2 heterocycles. The molecule has 6 heteroatoms. The normalized spacial score (nSPS) is 26.6. The number of likely N-dealkylation sites (N-methyl/N-ethyl adjacent to an activating group) is 1. The minimum atomic E-state index is -4.42. The van der Waals surface area contributed by atoms with E-state index in [1.165, 1.54) is 6.07 Å². The van der Waals surface area contributed by atoms with Gasteiger partial charge in [0.1, 0.15) is 0 Å². The van der Waals surface area contributed by atoms with Crippen LogP contribution in [0.2, 0.25) is 0 Å². The van der Waals surface area contributed by atoms with Crippen molar-refractivity contribution in [1.29, 1.82) is 0 Å². The van der Waals surface area contributed by atoms with Gasteiger partial charge in [-0.1, -0.05) is 37.3 Å². The van der Waals surface area contributed by atoms with Gasteiger partial charge < -0.3 is 5.32 Å². The molecule has 2 fully saturated rings. The molecule has 30 heavy (non-hydrogen) atoms. The first-order chi connectivity index (χ1) is 14.3. The van der Waals surface area contributed by atoms with Crippen LogP contribution in [-0.2, 0) is 18.1 Å². The van der Waals surface area contributed by atoms with Crippen LogP contribution in [-0.4, -0.2) is 29.9 Å². The van der Waals surface area contributed by atoms with Crippen molar-refractivity contribution in [2.45, 2.75) is 62.8 Å². The molecule has 0 aliphatic carbocycles. The minimum absolute atomic E-state index is 0.169. The zero-order chi connectivity index (χ0) is 21.5. The summed E-state index contributed by atoms with van der Waals surface area (Å²) in [5.41, 5.74) is 0.529. The summed E-state index contributed by atoms with van der Waals surface area (Å²) >= 11 is 0. The van der Waals surface area contributed by atoms with Crippen molar-refractivity contribution in [2.75, 3.05) is 7.05 Å². The standard InChI is InChI=1S/C24H27F3N2O/c1-3-16-15-18(24(25,26)27)9-11-20(16)22(30)28-23(17-7-5-4-6-8-17)14-13-19-10-12-21(23)29(19)2/h4-9,11,15,19,21H,3,10,12-14H2,1-2H3,(H,28,30)/t19-,21-,23-/m0/s1. The molecular formula is C24H27F3N2O. The molecule has 0 unspecified atom stereocenters. The molecule has 2 aromatic rings. The van der Waals surface area contributed by atoms with Crippen molar-refractivity contribution in [2.24, 2.45) is 0 Å². The third-order valence-corrected chi connectivity index (χ3v) is 6.97. The fraction of sp³-hybridized carbons (Fsp3) is 0.458. The van der Waals surface area contributed by atoms with Crippen LogP contribution in [0.25, 0.3) is 0 Å². The molecule has 160 valence electrons. The number of fused-ring (bicyclic) bond motifs is 2. The van der Waals surface area contributed by atoms with Gasteiger partial charge in [-0.15, -0.1) is 0 Å². The van der Waals surface area contributed by atoms with Crippen LogP contribution in [0.15, 0.2) is 48.5 Å². The second kappa shape index (κ2) is 7.73. The number of nitrogens with one attached hydrogen (secondary N) is 1. The monoisotopic (exact) mass is 416 g/mol. The molecule has 3 atom stereocenters. The lowest BCUT2D eigenvalue weighted by Crippen LogP contribution is -2.61. The lowest BCUT2D eigenvalue weighted by molar-refractivity contribution is -0.137. The average molecular weight is 416 g/mol. The number of aryl methyl sites for hydroxylation is 1. The largest absolute Gasteiger partial charge is 0.416 e. The SMILES string of the molecule is CCc1cc(C(F)(F)F)ccc1C(=O)N[C@]1(c2ccccc2)CC[C@@H]2CC[C@@H]1N2C. The smallest absolute Gasteiger partial charge is 0.341 e. The quantitative estimate of drug-likeness (QED) is 0.748. The van der Waals surface area contributed by atoms with Crippen molar-refractivity contribution in [3.8, 4) is 0 Å². The van der Waals surface area contributed by atoms with Gasteiger partial charge in [-0.2, -0.15) is 13.2 Å². The molecule has 1 amide bonds. The Morgan fingerprint density at radius 3 is 2.53 bits per heavy atom. The second-order valence-corrected chi connectivity index (χ2v) is 8.47. The Balaban J connectivity index is 1.72. The van der Waals surface area contributed by atoms with Gasteiger partial charge in [-0.3, -0.25) is 9.69 Å². The Kier molecular flexibility index (Phi) is 5.39. The Morgan fingerprint density at radius 1 is 1.13 bits per heavy atom. The van der Waals surface area contributed by atoms with Crippen molar-refractivity contribution in [3.63, 3.8) is 0 Å². The first-order valence-corrected chi connectivity index (χ1v) is 10.6. The van der Waals surface area contributed by atoms with E-state index in [0.717, 1.165) is 43.4 Å². The molecule has 0 radical (unpaired) electrons. The van der Waals surface area contributed by atoms with Gasteiger partial charge in [-0.05, 0) is 68.5 Å². The van der Waals surface area contributed by atoms with Crippen LogP contribution >= 0.6 is 0 Å². The molecule has 0 aromatic heterocycles. The number of nitrogens with zero attached hydrogens (tertiary/aromatic N) is 1. The van der Waals surface area contributed by atoms with E-state index in [4.69, 9.17) is 0 Å². The number of alkyl halides is 3. The summed E-state index contributed by atoms with van der Waals surface area (Å²) in [4.78, 5) is 15.8. The molecule has 0 spiro atoms. The summed E-state index contributed by atoms with van der Waals surface area (Å²) in [6.45, 7) is 1.77. The Labute approximate surface area is 175 Å². The zero-order valence-corrected chi connectivity index (χ0v) is 17.3. The third kappa shape index (κ3) is 3.51. The molecule has 3 nitrogen and oxygen atoms in total. The molecule has 2 aliphatic rings. The number of benzene rings is 2. The van der Waals surface area contributed by atoms with E-state index in [1.807, 2.05) is 30.3 Å². The van der Waals surface area contributed by atoms with Gasteiger partial charge >= 0.3 is 6.18 Å². The topological polar surface area (TPSA) is 32.3 Å². The Morgan fingerprint density at radius 2 is 1.87 bits per heavy atom. The lowest BCUT2D eigenvalue weighted by atomic mass is 9.76. The van der Waals surface area contributed by atoms with Crippen LogP contribution in [0.4, 0.5) is 13.2 Å². The van der Waals surface area contributed by atoms with Gasteiger partial charge in [0, 0.05) is 17.6 Å². The Bertz CT molecular complexity index is 928. The highest BCUT2D eigenvalue weighted by atomic mass is 19.4. The van der Waals surface area contributed by atoms with E-state index >= 15 is 0 Å². The zero-order valence-electron chi connectivity index (χ0n) is 17.3. The van der Waals surface area contributed by atoms with Crippen LogP contribution in [0.3, 0.4) is 0 Å². The molecule has 0 saturated carbocycles. The van der Waals surface area contributed by atoms with E-state index in [-0.39, 0.29) is 11.9 Å². The summed E-state index contributed by atoms with van der Waals surface area (Å²) in [5.74, 6) is -0.303. The summed E-state index contributed by atoms with van der Waals surface area (Å²) < 4.78 is 39.4. The van der Waals surface area contributed by atoms with E-state index in [0.29, 0.717) is 23.6 Å². The number of rotatable bonds is 4. The first kappa shape index (κ1) is 20.9. The molecule has 2 saturated heterocycles. The maximum Gasteiger partial charge on any atom is 0.416 e. The predicted molar refractivity (Wildman–Crippen MR) is 110 cm³/mol. The molecule has 2 aliphatic heterocycles. The maximum absolute atomic E-state index is 13.4. The van der Waals surface area contributed by atoms with Crippen molar-refractivity contribution >= 4 is 5.91 Å². The molecule has 2 aromatic carbocycles. The molecule has 4 rings (SSSR count). The summed E-state index contributed by atoms with van der Waals surface area (Å²) in [6, 6.07) is 14.1. The van der Waals surface area contributed by atoms with Crippen LogP contribution in [0.5, 0.6) is 0 Å². The third-order valence-electron chi connectivity index (χ3n) is 6.97. The summed E-state index contributed by atoms with van der Waals surface area (Å²) in [7, 11) is 2.11. The number of carbonyl (C=O) groups is 1. The van der Waals surface area contributed by atoms with Crippen molar-refractivity contribution in [3.05, 3.63) is 70.8 Å². The highest BCUT2D eigenvalue weighted by molar-refractivity contribution is 5.96. The molecule has 2 bridgehead atoms. The van der Waals surface area contributed by atoms with E-state index < -0.39 is 17.3 Å². The lowest BCUT2D eigenvalue weighted by Gasteiger charge is -2.48. The van der Waals surface area contributed by atoms with Crippen LogP contribution in [0, 0.1) is 0 Å². The van der Waals surface area contributed by atoms with Gasteiger partial charge in [0.25, 0.3) is 5.91 Å². The highest BCUT2D eigenvalue weighted by Gasteiger charge is 2.52. The van der Waals surface area contributed by atoms with Gasteiger partial charge in [0.05, 0.1) is 11.1 Å². The Hall–Kier alpha value is -2.34. The minimum Gasteiger partial charge on any atom is -0.341 e. The fourth-order valence-electron chi connectivity index (χ4n) is 5.36. The molecular weight excluding hydrogens is 389 g/mol. The van der Waals surface area contributed by atoms with Crippen molar-refractivity contribution in [1.82, 2.24) is 10.2 Å². The summed E-state index contributed by atoms with van der Waals surface area (Å²) in [5, 5.41) is 3.29. The number of hydrogen-bond donors (Lipinski definition) is 1. The first-order valence-electron chi connectivity index (χ1n) is 10.6.